The summed E-state index contributed by atoms with van der Waals surface area (Å²) in [5.74, 6) is 0.880. The number of hydrogen-bond acceptors (Lipinski definition) is 3. The third-order valence-electron chi connectivity index (χ3n) is 3.87. The van der Waals surface area contributed by atoms with E-state index < -0.39 is 0 Å². The van der Waals surface area contributed by atoms with Crippen molar-refractivity contribution in [3.05, 3.63) is 28.2 Å². The molecule has 3 nitrogen and oxygen atoms in total. The van der Waals surface area contributed by atoms with Gasteiger partial charge in [-0.15, -0.1) is 0 Å². The third-order valence-corrected chi connectivity index (χ3v) is 4.49. The second-order valence-electron chi connectivity index (χ2n) is 5.98. The van der Waals surface area contributed by atoms with E-state index in [9.17, 15) is 0 Å². The molecular weight excluding hydrogens is 318 g/mol. The van der Waals surface area contributed by atoms with Crippen molar-refractivity contribution in [1.29, 1.82) is 0 Å². The first-order valence-electron chi connectivity index (χ1n) is 7.18. The zero-order chi connectivity index (χ0) is 14.6. The minimum atomic E-state index is 0.221. The maximum Gasteiger partial charge on any atom is 0.133 e. The first-order chi connectivity index (χ1) is 9.54. The zero-order valence-electron chi connectivity index (χ0n) is 12.5. The fraction of sp³-hybridized carbons (Fsp3) is 0.625. The van der Waals surface area contributed by atoms with Crippen molar-refractivity contribution < 1.29 is 9.47 Å². The molecule has 20 heavy (non-hydrogen) atoms. The summed E-state index contributed by atoms with van der Waals surface area (Å²) in [7, 11) is 1.69. The van der Waals surface area contributed by atoms with Gasteiger partial charge in [-0.05, 0) is 46.5 Å². The van der Waals surface area contributed by atoms with Gasteiger partial charge in [0.1, 0.15) is 5.75 Å². The molecule has 1 aromatic rings. The van der Waals surface area contributed by atoms with E-state index in [1.54, 1.807) is 7.11 Å². The van der Waals surface area contributed by atoms with E-state index in [1.165, 1.54) is 5.56 Å². The van der Waals surface area contributed by atoms with E-state index >= 15 is 0 Å². The number of ether oxygens (including phenoxy) is 2. The molecule has 0 aliphatic carbocycles. The number of rotatable bonds is 6. The van der Waals surface area contributed by atoms with E-state index in [2.05, 4.69) is 47.2 Å². The number of methoxy groups -OCH3 is 1. The number of hydrogen-bond donors (Lipinski definition) is 1. The fourth-order valence-electron chi connectivity index (χ4n) is 2.66. The van der Waals surface area contributed by atoms with Gasteiger partial charge in [0, 0.05) is 24.6 Å². The Kier molecular flexibility index (Phi) is 5.47. The molecule has 1 aromatic carbocycles. The summed E-state index contributed by atoms with van der Waals surface area (Å²) in [5.41, 5.74) is 1.55. The molecule has 1 fully saturated rings. The summed E-state index contributed by atoms with van der Waals surface area (Å²) >= 11 is 3.56. The molecule has 0 spiro atoms. The normalized spacial score (nSPS) is 22.4. The maximum absolute atomic E-state index is 5.66. The first kappa shape index (κ1) is 15.8. The highest BCUT2D eigenvalue weighted by molar-refractivity contribution is 9.10. The summed E-state index contributed by atoms with van der Waals surface area (Å²) in [6.45, 7) is 7.10. The maximum atomic E-state index is 5.66. The largest absolute Gasteiger partial charge is 0.496 e. The lowest BCUT2D eigenvalue weighted by Crippen LogP contribution is -2.39. The molecule has 1 N–H and O–H groups in total. The lowest BCUT2D eigenvalue weighted by molar-refractivity contribution is 0.148. The average molecular weight is 342 g/mol. The van der Waals surface area contributed by atoms with Crippen molar-refractivity contribution >= 4 is 15.9 Å². The molecule has 112 valence electrons. The molecule has 0 amide bonds. The van der Waals surface area contributed by atoms with Crippen LogP contribution in [0.2, 0.25) is 0 Å². The van der Waals surface area contributed by atoms with Crippen LogP contribution in [0.4, 0.5) is 0 Å². The Morgan fingerprint density at radius 3 is 2.80 bits per heavy atom. The van der Waals surface area contributed by atoms with Crippen molar-refractivity contribution in [2.75, 3.05) is 26.9 Å². The molecular formula is C16H24BrNO2. The van der Waals surface area contributed by atoms with Crippen molar-refractivity contribution in [1.82, 2.24) is 5.32 Å². The molecule has 2 rings (SSSR count). The zero-order valence-corrected chi connectivity index (χ0v) is 14.1. The van der Waals surface area contributed by atoms with Gasteiger partial charge in [-0.3, -0.25) is 0 Å². The lowest BCUT2D eigenvalue weighted by atomic mass is 9.80. The van der Waals surface area contributed by atoms with Crippen LogP contribution in [0.5, 0.6) is 5.75 Å². The lowest BCUT2D eigenvalue weighted by Gasteiger charge is -2.29. The molecule has 1 saturated heterocycles. The van der Waals surface area contributed by atoms with Gasteiger partial charge in [0.05, 0.1) is 18.2 Å². The van der Waals surface area contributed by atoms with Crippen molar-refractivity contribution in [3.63, 3.8) is 0 Å². The van der Waals surface area contributed by atoms with E-state index in [-0.39, 0.29) is 5.41 Å². The quantitative estimate of drug-likeness (QED) is 0.860. The summed E-state index contributed by atoms with van der Waals surface area (Å²) in [5, 5.41) is 3.57. The molecule has 1 atom stereocenters. The van der Waals surface area contributed by atoms with Gasteiger partial charge in [0.15, 0.2) is 0 Å². The minimum absolute atomic E-state index is 0.221. The van der Waals surface area contributed by atoms with Crippen LogP contribution in [0.25, 0.3) is 0 Å². The third kappa shape index (κ3) is 3.96. The topological polar surface area (TPSA) is 30.5 Å². The molecule has 1 aliphatic heterocycles. The molecule has 0 bridgehead atoms. The average Bonchev–Trinajstić information content (AvgIpc) is 2.86. The Hall–Kier alpha value is -0.580. The Morgan fingerprint density at radius 1 is 1.45 bits per heavy atom. The SMILES string of the molecule is COc1ccc(CC2(CNC(C)C)CCOC2)cc1Br. The highest BCUT2D eigenvalue weighted by atomic mass is 79.9. The molecule has 0 radical (unpaired) electrons. The summed E-state index contributed by atoms with van der Waals surface area (Å²) in [6, 6.07) is 6.85. The summed E-state index contributed by atoms with van der Waals surface area (Å²) in [6.07, 6.45) is 2.16. The van der Waals surface area contributed by atoms with E-state index in [0.717, 1.165) is 42.8 Å². The molecule has 4 heteroatoms. The van der Waals surface area contributed by atoms with Crippen LogP contribution < -0.4 is 10.1 Å². The van der Waals surface area contributed by atoms with E-state index in [4.69, 9.17) is 9.47 Å². The number of nitrogens with one attached hydrogen (secondary N) is 1. The van der Waals surface area contributed by atoms with Crippen molar-refractivity contribution in [2.24, 2.45) is 5.41 Å². The Bertz CT molecular complexity index is 442. The molecule has 0 saturated carbocycles. The standard InChI is InChI=1S/C16H24BrNO2/c1-12(2)18-10-16(6-7-20-11-16)9-13-4-5-15(19-3)14(17)8-13/h4-5,8,12,18H,6-7,9-11H2,1-3H3. The van der Waals surface area contributed by atoms with Gasteiger partial charge in [0.2, 0.25) is 0 Å². The second kappa shape index (κ2) is 6.92. The van der Waals surface area contributed by atoms with Gasteiger partial charge in [-0.2, -0.15) is 0 Å². The number of benzene rings is 1. The molecule has 1 heterocycles. The minimum Gasteiger partial charge on any atom is -0.496 e. The number of halogens is 1. The van der Waals surface area contributed by atoms with Crippen LogP contribution in [-0.4, -0.2) is 32.9 Å². The Balaban J connectivity index is 2.09. The Labute approximate surface area is 130 Å². The highest BCUT2D eigenvalue weighted by Gasteiger charge is 2.35. The van der Waals surface area contributed by atoms with Crippen LogP contribution in [0.3, 0.4) is 0 Å². The molecule has 1 unspecified atom stereocenters. The first-order valence-corrected chi connectivity index (χ1v) is 7.97. The monoisotopic (exact) mass is 341 g/mol. The van der Waals surface area contributed by atoms with Gasteiger partial charge in [-0.25, -0.2) is 0 Å². The van der Waals surface area contributed by atoms with Crippen LogP contribution in [0.15, 0.2) is 22.7 Å². The van der Waals surface area contributed by atoms with Crippen LogP contribution in [0, 0.1) is 5.41 Å². The summed E-state index contributed by atoms with van der Waals surface area (Å²) in [4.78, 5) is 0. The van der Waals surface area contributed by atoms with Gasteiger partial charge < -0.3 is 14.8 Å². The van der Waals surface area contributed by atoms with E-state index in [1.807, 2.05) is 6.07 Å². The van der Waals surface area contributed by atoms with Crippen molar-refractivity contribution in [2.45, 2.75) is 32.7 Å². The second-order valence-corrected chi connectivity index (χ2v) is 6.84. The Morgan fingerprint density at radius 2 is 2.25 bits per heavy atom. The van der Waals surface area contributed by atoms with Crippen molar-refractivity contribution in [3.8, 4) is 5.75 Å². The van der Waals surface area contributed by atoms with Crippen LogP contribution in [0.1, 0.15) is 25.8 Å². The fourth-order valence-corrected chi connectivity index (χ4v) is 3.25. The smallest absolute Gasteiger partial charge is 0.133 e. The van der Waals surface area contributed by atoms with Crippen LogP contribution >= 0.6 is 15.9 Å². The van der Waals surface area contributed by atoms with Gasteiger partial charge >= 0.3 is 0 Å². The van der Waals surface area contributed by atoms with E-state index in [0.29, 0.717) is 6.04 Å². The van der Waals surface area contributed by atoms with Crippen LogP contribution in [-0.2, 0) is 11.2 Å². The molecule has 0 aromatic heterocycles. The van der Waals surface area contributed by atoms with Gasteiger partial charge in [-0.1, -0.05) is 19.9 Å². The summed E-state index contributed by atoms with van der Waals surface area (Å²) < 4.78 is 12.0. The predicted molar refractivity (Wildman–Crippen MR) is 85.4 cm³/mol. The highest BCUT2D eigenvalue weighted by Crippen LogP contribution is 2.34. The predicted octanol–water partition coefficient (Wildman–Crippen LogP) is 3.40. The molecule has 1 aliphatic rings. The van der Waals surface area contributed by atoms with Gasteiger partial charge in [0.25, 0.3) is 0 Å².